The predicted octanol–water partition coefficient (Wildman–Crippen LogP) is 4.12. The van der Waals surface area contributed by atoms with Crippen molar-refractivity contribution in [3.05, 3.63) is 0 Å². The fraction of sp³-hybridized carbons (Fsp3) is 1.00. The van der Waals surface area contributed by atoms with E-state index in [1.54, 1.807) is 0 Å². The van der Waals surface area contributed by atoms with Crippen molar-refractivity contribution in [1.29, 1.82) is 0 Å². The molecular formula is C15H27N. The van der Waals surface area contributed by atoms with Crippen molar-refractivity contribution in [1.82, 2.24) is 4.90 Å². The Kier molecular flexibility index (Phi) is 2.25. The van der Waals surface area contributed by atoms with Crippen molar-refractivity contribution in [3.63, 3.8) is 0 Å². The number of nitrogens with zero attached hydrogens (tertiary/aromatic N) is 1. The number of rotatable bonds is 3. The Balaban J connectivity index is 1.86. The zero-order valence-electron chi connectivity index (χ0n) is 11.3. The Bertz CT molecular complexity index is 300. The average Bonchev–Trinajstić information content (AvgIpc) is 2.46. The zero-order valence-corrected chi connectivity index (χ0v) is 11.3. The van der Waals surface area contributed by atoms with Crippen LogP contribution in [0.4, 0.5) is 0 Å². The van der Waals surface area contributed by atoms with Crippen LogP contribution < -0.4 is 0 Å². The smallest absolute Gasteiger partial charge is 0.0238 e. The minimum atomic E-state index is 0.568. The van der Waals surface area contributed by atoms with E-state index >= 15 is 0 Å². The Morgan fingerprint density at radius 2 is 1.75 bits per heavy atom. The van der Waals surface area contributed by atoms with Gasteiger partial charge in [-0.05, 0) is 58.8 Å². The van der Waals surface area contributed by atoms with Gasteiger partial charge < -0.3 is 0 Å². The molecule has 0 aromatic carbocycles. The first-order valence-corrected chi connectivity index (χ1v) is 7.35. The van der Waals surface area contributed by atoms with Crippen molar-refractivity contribution in [2.45, 2.75) is 95.2 Å². The number of hydrogen-bond donors (Lipinski definition) is 0. The van der Waals surface area contributed by atoms with Gasteiger partial charge in [-0.25, -0.2) is 0 Å². The van der Waals surface area contributed by atoms with E-state index in [0.29, 0.717) is 16.6 Å². The normalized spacial score (nSPS) is 51.2. The van der Waals surface area contributed by atoms with Crippen LogP contribution in [-0.2, 0) is 0 Å². The molecule has 0 N–H and O–H groups in total. The molecule has 0 amide bonds. The highest BCUT2D eigenvalue weighted by atomic mass is 15.4. The topological polar surface area (TPSA) is 3.24 Å². The molecule has 0 radical (unpaired) electrons. The highest BCUT2D eigenvalue weighted by molar-refractivity contribution is 5.24. The van der Waals surface area contributed by atoms with Crippen LogP contribution in [0.5, 0.6) is 0 Å². The fourth-order valence-corrected chi connectivity index (χ4v) is 5.49. The first-order valence-electron chi connectivity index (χ1n) is 7.35. The monoisotopic (exact) mass is 221 g/mol. The Labute approximate surface area is 101 Å². The van der Waals surface area contributed by atoms with E-state index in [-0.39, 0.29) is 0 Å². The molecule has 0 saturated carbocycles. The third-order valence-corrected chi connectivity index (χ3v) is 5.82. The molecule has 0 aliphatic carbocycles. The molecule has 0 spiro atoms. The number of piperidine rings is 1. The van der Waals surface area contributed by atoms with Crippen LogP contribution >= 0.6 is 0 Å². The van der Waals surface area contributed by atoms with Gasteiger partial charge in [-0.1, -0.05) is 19.8 Å². The maximum absolute atomic E-state index is 2.98. The van der Waals surface area contributed by atoms with Gasteiger partial charge in [0.1, 0.15) is 0 Å². The molecule has 1 heteroatoms. The van der Waals surface area contributed by atoms with Gasteiger partial charge in [-0.3, -0.25) is 4.90 Å². The van der Waals surface area contributed by atoms with Gasteiger partial charge in [-0.15, -0.1) is 0 Å². The van der Waals surface area contributed by atoms with E-state index in [0.717, 1.165) is 0 Å². The van der Waals surface area contributed by atoms with Crippen LogP contribution in [0.2, 0.25) is 0 Å². The van der Waals surface area contributed by atoms with Crippen LogP contribution in [0.1, 0.15) is 78.6 Å². The maximum Gasteiger partial charge on any atom is 0.0238 e. The molecular weight excluding hydrogens is 194 g/mol. The minimum Gasteiger partial charge on any atom is -0.287 e. The van der Waals surface area contributed by atoms with E-state index < -0.39 is 0 Å². The summed E-state index contributed by atoms with van der Waals surface area (Å²) in [5.74, 6) is 0. The molecule has 0 aromatic heterocycles. The van der Waals surface area contributed by atoms with Crippen LogP contribution in [0, 0.1) is 0 Å². The molecule has 3 heterocycles. The van der Waals surface area contributed by atoms with Crippen molar-refractivity contribution < 1.29 is 0 Å². The SMILES string of the molecule is CCCCC12CCCC3(C)CCC(C)(C1)N32. The van der Waals surface area contributed by atoms with Gasteiger partial charge in [0.05, 0.1) is 0 Å². The van der Waals surface area contributed by atoms with E-state index in [2.05, 4.69) is 25.7 Å². The molecule has 3 saturated heterocycles. The number of unbranched alkanes of at least 4 members (excludes halogenated alkanes) is 1. The molecule has 3 atom stereocenters. The van der Waals surface area contributed by atoms with Crippen LogP contribution in [0.25, 0.3) is 0 Å². The summed E-state index contributed by atoms with van der Waals surface area (Å²) in [6.07, 6.45) is 13.1. The summed E-state index contributed by atoms with van der Waals surface area (Å²) in [5, 5.41) is 0. The molecule has 3 unspecified atom stereocenters. The summed E-state index contributed by atoms with van der Waals surface area (Å²) in [6, 6.07) is 0. The zero-order chi connectivity index (χ0) is 11.4. The van der Waals surface area contributed by atoms with Gasteiger partial charge in [0.2, 0.25) is 0 Å². The third-order valence-electron chi connectivity index (χ3n) is 5.82. The number of hydrogen-bond acceptors (Lipinski definition) is 1. The minimum absolute atomic E-state index is 0.568. The molecule has 3 aliphatic heterocycles. The van der Waals surface area contributed by atoms with Gasteiger partial charge in [0, 0.05) is 16.6 Å². The van der Waals surface area contributed by atoms with Gasteiger partial charge in [0.25, 0.3) is 0 Å². The quantitative estimate of drug-likeness (QED) is 0.693. The standard InChI is InChI=1S/C15H27N/c1-4-5-8-15-9-6-7-13(2)10-11-14(3,12-15)16(13)15/h4-12H2,1-3H3. The lowest BCUT2D eigenvalue weighted by atomic mass is 9.62. The summed E-state index contributed by atoms with van der Waals surface area (Å²) in [4.78, 5) is 2.98. The molecule has 92 valence electrons. The highest BCUT2D eigenvalue weighted by Gasteiger charge is 2.68. The van der Waals surface area contributed by atoms with Crippen molar-refractivity contribution >= 4 is 0 Å². The van der Waals surface area contributed by atoms with E-state index in [1.807, 2.05) is 0 Å². The molecule has 3 fully saturated rings. The lowest BCUT2D eigenvalue weighted by Gasteiger charge is -2.69. The van der Waals surface area contributed by atoms with Crippen molar-refractivity contribution in [3.8, 4) is 0 Å². The van der Waals surface area contributed by atoms with E-state index in [1.165, 1.54) is 57.8 Å². The molecule has 0 bridgehead atoms. The average molecular weight is 221 g/mol. The largest absolute Gasteiger partial charge is 0.287 e. The summed E-state index contributed by atoms with van der Waals surface area (Å²) >= 11 is 0. The van der Waals surface area contributed by atoms with Gasteiger partial charge >= 0.3 is 0 Å². The predicted molar refractivity (Wildman–Crippen MR) is 68.6 cm³/mol. The second-order valence-corrected chi connectivity index (χ2v) is 7.19. The molecule has 0 aromatic rings. The van der Waals surface area contributed by atoms with Crippen LogP contribution in [0.3, 0.4) is 0 Å². The van der Waals surface area contributed by atoms with Crippen LogP contribution in [0.15, 0.2) is 0 Å². The van der Waals surface area contributed by atoms with E-state index in [9.17, 15) is 0 Å². The van der Waals surface area contributed by atoms with Gasteiger partial charge in [0.15, 0.2) is 0 Å². The Hall–Kier alpha value is -0.0400. The van der Waals surface area contributed by atoms with E-state index in [4.69, 9.17) is 0 Å². The van der Waals surface area contributed by atoms with Crippen LogP contribution in [-0.4, -0.2) is 21.5 Å². The van der Waals surface area contributed by atoms with Crippen molar-refractivity contribution in [2.75, 3.05) is 0 Å². The van der Waals surface area contributed by atoms with Crippen molar-refractivity contribution in [2.24, 2.45) is 0 Å². The first kappa shape index (κ1) is 11.1. The first-order chi connectivity index (χ1) is 7.55. The summed E-state index contributed by atoms with van der Waals surface area (Å²) < 4.78 is 0. The molecule has 16 heavy (non-hydrogen) atoms. The summed E-state index contributed by atoms with van der Waals surface area (Å²) in [7, 11) is 0. The summed E-state index contributed by atoms with van der Waals surface area (Å²) in [6.45, 7) is 7.39. The summed E-state index contributed by atoms with van der Waals surface area (Å²) in [5.41, 5.74) is 1.79. The molecule has 3 aliphatic rings. The second-order valence-electron chi connectivity index (χ2n) is 7.19. The molecule has 3 rings (SSSR count). The third kappa shape index (κ3) is 1.21. The molecule has 1 nitrogen and oxygen atoms in total. The maximum atomic E-state index is 2.98. The lowest BCUT2D eigenvalue weighted by molar-refractivity contribution is -0.188. The Morgan fingerprint density at radius 1 is 1.00 bits per heavy atom. The lowest BCUT2D eigenvalue weighted by Crippen LogP contribution is -2.76. The second kappa shape index (κ2) is 3.25. The highest BCUT2D eigenvalue weighted by Crippen LogP contribution is 2.64. The van der Waals surface area contributed by atoms with Gasteiger partial charge in [-0.2, -0.15) is 0 Å². The fourth-order valence-electron chi connectivity index (χ4n) is 5.49. The Morgan fingerprint density at radius 3 is 2.50 bits per heavy atom.